The second kappa shape index (κ2) is 4.47. The molecule has 82 valence electrons. The Kier molecular flexibility index (Phi) is 3.04. The van der Waals surface area contributed by atoms with Crippen molar-refractivity contribution in [3.8, 4) is 0 Å². The van der Waals surface area contributed by atoms with Crippen LogP contribution in [0.3, 0.4) is 0 Å². The van der Waals surface area contributed by atoms with E-state index in [0.717, 1.165) is 50.0 Å². The van der Waals surface area contributed by atoms with Crippen molar-refractivity contribution in [1.82, 2.24) is 15.1 Å². The molecule has 1 aromatic rings. The first-order valence-electron chi connectivity index (χ1n) is 5.66. The first-order chi connectivity index (χ1) is 7.31. The SMILES string of the molecule is CCCCn1cc2c(n1)CCCNC2=O. The van der Waals surface area contributed by atoms with Gasteiger partial charge in [-0.3, -0.25) is 9.48 Å². The molecule has 0 saturated carbocycles. The number of aryl methyl sites for hydroxylation is 2. The van der Waals surface area contributed by atoms with Gasteiger partial charge in [-0.2, -0.15) is 5.10 Å². The maximum atomic E-state index is 11.6. The van der Waals surface area contributed by atoms with Gasteiger partial charge < -0.3 is 5.32 Å². The Balaban J connectivity index is 2.18. The Hall–Kier alpha value is -1.32. The van der Waals surface area contributed by atoms with E-state index in [1.165, 1.54) is 0 Å². The number of nitrogens with one attached hydrogen (secondary N) is 1. The molecule has 4 heteroatoms. The van der Waals surface area contributed by atoms with E-state index in [4.69, 9.17) is 0 Å². The maximum absolute atomic E-state index is 11.6. The van der Waals surface area contributed by atoms with Gasteiger partial charge in [-0.15, -0.1) is 0 Å². The molecule has 2 rings (SSSR count). The zero-order valence-electron chi connectivity index (χ0n) is 9.12. The molecule has 0 saturated heterocycles. The van der Waals surface area contributed by atoms with Gasteiger partial charge in [0.15, 0.2) is 0 Å². The van der Waals surface area contributed by atoms with Crippen LogP contribution in [0.2, 0.25) is 0 Å². The smallest absolute Gasteiger partial charge is 0.254 e. The van der Waals surface area contributed by atoms with Crippen molar-refractivity contribution in [2.24, 2.45) is 0 Å². The number of fused-ring (bicyclic) bond motifs is 1. The van der Waals surface area contributed by atoms with E-state index in [0.29, 0.717) is 0 Å². The summed E-state index contributed by atoms with van der Waals surface area (Å²) in [5, 5.41) is 7.33. The predicted molar refractivity (Wildman–Crippen MR) is 57.8 cm³/mol. The minimum absolute atomic E-state index is 0.0326. The Morgan fingerprint density at radius 3 is 3.27 bits per heavy atom. The number of unbranched alkanes of at least 4 members (excludes halogenated alkanes) is 1. The molecule has 0 bridgehead atoms. The average molecular weight is 207 g/mol. The number of hydrogen-bond acceptors (Lipinski definition) is 2. The molecular weight excluding hydrogens is 190 g/mol. The van der Waals surface area contributed by atoms with Gasteiger partial charge >= 0.3 is 0 Å². The number of rotatable bonds is 3. The van der Waals surface area contributed by atoms with Crippen LogP contribution in [0.25, 0.3) is 0 Å². The standard InChI is InChI=1S/C11H17N3O/c1-2-3-7-14-8-9-10(13-14)5-4-6-12-11(9)15/h8H,2-7H2,1H3,(H,12,15). The van der Waals surface area contributed by atoms with E-state index in [1.807, 2.05) is 10.9 Å². The molecule has 15 heavy (non-hydrogen) atoms. The summed E-state index contributed by atoms with van der Waals surface area (Å²) in [6, 6.07) is 0. The van der Waals surface area contributed by atoms with Gasteiger partial charge in [0.25, 0.3) is 5.91 Å². The average Bonchev–Trinajstić information content (AvgIpc) is 2.57. The fourth-order valence-corrected chi connectivity index (χ4v) is 1.82. The summed E-state index contributed by atoms with van der Waals surface area (Å²) in [5.74, 6) is 0.0326. The number of hydrogen-bond donors (Lipinski definition) is 1. The second-order valence-corrected chi connectivity index (χ2v) is 3.97. The lowest BCUT2D eigenvalue weighted by atomic mass is 10.2. The summed E-state index contributed by atoms with van der Waals surface area (Å²) in [6.07, 6.45) is 6.04. The molecule has 0 fully saturated rings. The molecule has 1 N–H and O–H groups in total. The molecule has 0 aliphatic carbocycles. The molecule has 1 aliphatic rings. The molecule has 0 radical (unpaired) electrons. The lowest BCUT2D eigenvalue weighted by molar-refractivity contribution is 0.0956. The van der Waals surface area contributed by atoms with E-state index in [1.54, 1.807) is 0 Å². The monoisotopic (exact) mass is 207 g/mol. The van der Waals surface area contributed by atoms with Crippen LogP contribution in [0.4, 0.5) is 0 Å². The van der Waals surface area contributed by atoms with Gasteiger partial charge in [0.2, 0.25) is 0 Å². The van der Waals surface area contributed by atoms with Gasteiger partial charge in [-0.25, -0.2) is 0 Å². The van der Waals surface area contributed by atoms with Crippen molar-refractivity contribution in [1.29, 1.82) is 0 Å². The number of carbonyl (C=O) groups is 1. The van der Waals surface area contributed by atoms with Gasteiger partial charge in [-0.1, -0.05) is 13.3 Å². The summed E-state index contributed by atoms with van der Waals surface area (Å²) in [4.78, 5) is 11.6. The van der Waals surface area contributed by atoms with E-state index >= 15 is 0 Å². The van der Waals surface area contributed by atoms with Crippen molar-refractivity contribution in [2.45, 2.75) is 39.2 Å². The first kappa shape index (κ1) is 10.2. The first-order valence-corrected chi connectivity index (χ1v) is 5.66. The Bertz CT molecular complexity index is 357. The van der Waals surface area contributed by atoms with E-state index in [-0.39, 0.29) is 5.91 Å². The topological polar surface area (TPSA) is 46.9 Å². The van der Waals surface area contributed by atoms with Crippen LogP contribution in [0.15, 0.2) is 6.20 Å². The molecule has 4 nitrogen and oxygen atoms in total. The highest BCUT2D eigenvalue weighted by Gasteiger charge is 2.18. The highest BCUT2D eigenvalue weighted by molar-refractivity contribution is 5.95. The summed E-state index contributed by atoms with van der Waals surface area (Å²) >= 11 is 0. The Morgan fingerprint density at radius 1 is 1.60 bits per heavy atom. The third-order valence-electron chi connectivity index (χ3n) is 2.70. The minimum atomic E-state index is 0.0326. The zero-order chi connectivity index (χ0) is 10.7. The quantitative estimate of drug-likeness (QED) is 0.813. The molecule has 1 aliphatic heterocycles. The summed E-state index contributed by atoms with van der Waals surface area (Å²) in [7, 11) is 0. The normalized spacial score (nSPS) is 15.7. The molecular formula is C11H17N3O. The fourth-order valence-electron chi connectivity index (χ4n) is 1.82. The number of carbonyl (C=O) groups excluding carboxylic acids is 1. The Labute approximate surface area is 89.7 Å². The van der Waals surface area contributed by atoms with Gasteiger partial charge in [0.05, 0.1) is 11.3 Å². The largest absolute Gasteiger partial charge is 0.352 e. The second-order valence-electron chi connectivity index (χ2n) is 3.97. The number of amides is 1. The Morgan fingerprint density at radius 2 is 2.47 bits per heavy atom. The predicted octanol–water partition coefficient (Wildman–Crippen LogP) is 1.36. The van der Waals surface area contributed by atoms with Crippen molar-refractivity contribution < 1.29 is 4.79 Å². The summed E-state index contributed by atoms with van der Waals surface area (Å²) < 4.78 is 1.90. The molecule has 0 unspecified atom stereocenters. The molecule has 1 amide bonds. The lowest BCUT2D eigenvalue weighted by Crippen LogP contribution is -2.22. The number of nitrogens with zero attached hydrogens (tertiary/aromatic N) is 2. The summed E-state index contributed by atoms with van der Waals surface area (Å²) in [5.41, 5.74) is 1.73. The van der Waals surface area contributed by atoms with Gasteiger partial charge in [-0.05, 0) is 19.3 Å². The van der Waals surface area contributed by atoms with Gasteiger partial charge in [0.1, 0.15) is 0 Å². The molecule has 0 aromatic carbocycles. The summed E-state index contributed by atoms with van der Waals surface area (Å²) in [6.45, 7) is 3.84. The van der Waals surface area contributed by atoms with E-state index in [9.17, 15) is 4.79 Å². The third kappa shape index (κ3) is 2.19. The van der Waals surface area contributed by atoms with Crippen LogP contribution < -0.4 is 5.32 Å². The third-order valence-corrected chi connectivity index (χ3v) is 2.70. The van der Waals surface area contributed by atoms with E-state index < -0.39 is 0 Å². The van der Waals surface area contributed by atoms with Crippen LogP contribution in [0, 0.1) is 0 Å². The fraction of sp³-hybridized carbons (Fsp3) is 0.636. The van der Waals surface area contributed by atoms with Crippen LogP contribution >= 0.6 is 0 Å². The van der Waals surface area contributed by atoms with Crippen molar-refractivity contribution >= 4 is 5.91 Å². The highest BCUT2D eigenvalue weighted by Crippen LogP contribution is 2.12. The lowest BCUT2D eigenvalue weighted by Gasteiger charge is -1.99. The molecule has 0 atom stereocenters. The minimum Gasteiger partial charge on any atom is -0.352 e. The van der Waals surface area contributed by atoms with Crippen LogP contribution in [0.1, 0.15) is 42.2 Å². The van der Waals surface area contributed by atoms with Crippen LogP contribution in [0.5, 0.6) is 0 Å². The van der Waals surface area contributed by atoms with Crippen LogP contribution in [-0.4, -0.2) is 22.2 Å². The molecule has 1 aromatic heterocycles. The van der Waals surface area contributed by atoms with Crippen molar-refractivity contribution in [3.63, 3.8) is 0 Å². The molecule has 2 heterocycles. The maximum Gasteiger partial charge on any atom is 0.254 e. The number of aromatic nitrogens is 2. The van der Waals surface area contributed by atoms with Crippen molar-refractivity contribution in [2.75, 3.05) is 6.54 Å². The zero-order valence-corrected chi connectivity index (χ0v) is 9.12. The highest BCUT2D eigenvalue weighted by atomic mass is 16.1. The van der Waals surface area contributed by atoms with Crippen LogP contribution in [-0.2, 0) is 13.0 Å². The van der Waals surface area contributed by atoms with E-state index in [2.05, 4.69) is 17.3 Å². The molecule has 0 spiro atoms. The van der Waals surface area contributed by atoms with Gasteiger partial charge in [0, 0.05) is 19.3 Å². The van der Waals surface area contributed by atoms with Crippen molar-refractivity contribution in [3.05, 3.63) is 17.5 Å².